The fourth-order valence-corrected chi connectivity index (χ4v) is 5.41. The lowest BCUT2D eigenvalue weighted by Gasteiger charge is -2.11. The lowest BCUT2D eigenvalue weighted by atomic mass is 10.0. The number of carbonyl (C=O) groups is 2. The number of thioether (sulfide) groups is 1. The van der Waals surface area contributed by atoms with Gasteiger partial charge in [-0.3, -0.25) is 9.59 Å². The number of hydrogen-bond donors (Lipinski definition) is 1. The maximum absolute atomic E-state index is 13.5. The van der Waals surface area contributed by atoms with Crippen molar-refractivity contribution in [1.82, 2.24) is 9.78 Å². The van der Waals surface area contributed by atoms with Crippen molar-refractivity contribution >= 4 is 50.7 Å². The predicted molar refractivity (Wildman–Crippen MR) is 146 cm³/mol. The predicted octanol–water partition coefficient (Wildman–Crippen LogP) is 5.62. The first-order valence-corrected chi connectivity index (χ1v) is 13.7. The third-order valence-electron chi connectivity index (χ3n) is 5.52. The van der Waals surface area contributed by atoms with E-state index in [1.165, 1.54) is 27.8 Å². The van der Waals surface area contributed by atoms with Crippen LogP contribution in [0, 0.1) is 0 Å². The molecule has 0 saturated heterocycles. The smallest absolute Gasteiger partial charge is 0.359 e. The quantitative estimate of drug-likeness (QED) is 0.288. The minimum Gasteiger partial charge on any atom is -0.461 e. The average molecular weight is 522 g/mol. The van der Waals surface area contributed by atoms with E-state index < -0.39 is 11.5 Å². The zero-order valence-electron chi connectivity index (χ0n) is 20.3. The van der Waals surface area contributed by atoms with Crippen LogP contribution in [0.1, 0.15) is 48.3 Å². The summed E-state index contributed by atoms with van der Waals surface area (Å²) in [5, 5.41) is 9.88. The van der Waals surface area contributed by atoms with Gasteiger partial charge in [-0.2, -0.15) is 9.78 Å². The van der Waals surface area contributed by atoms with E-state index in [2.05, 4.69) is 24.3 Å². The first-order valence-electron chi connectivity index (χ1n) is 11.6. The Kier molecular flexibility index (Phi) is 8.22. The van der Waals surface area contributed by atoms with Crippen molar-refractivity contribution in [2.45, 2.75) is 32.4 Å². The summed E-state index contributed by atoms with van der Waals surface area (Å²) < 4.78 is 6.40. The SMILES string of the molecule is CCOC(=O)c1nn(-c2ccc(C(C)C)cc2)c(=O)c2c(NC(=O)CSCc3ccccc3)scc12. The fraction of sp³-hybridized carbons (Fsp3) is 0.259. The van der Waals surface area contributed by atoms with Crippen LogP contribution in [0.5, 0.6) is 0 Å². The second-order valence-corrected chi connectivity index (χ2v) is 10.3. The third kappa shape index (κ3) is 5.68. The number of benzene rings is 2. The number of ether oxygens (including phenoxy) is 1. The molecule has 9 heteroatoms. The van der Waals surface area contributed by atoms with Gasteiger partial charge in [0.05, 0.1) is 23.4 Å². The van der Waals surface area contributed by atoms with Gasteiger partial charge < -0.3 is 10.1 Å². The molecule has 0 aliphatic rings. The normalized spacial score (nSPS) is 11.1. The van der Waals surface area contributed by atoms with Gasteiger partial charge in [0.15, 0.2) is 5.69 Å². The summed E-state index contributed by atoms with van der Waals surface area (Å²) in [6.07, 6.45) is 0. The molecular formula is C27H27N3O4S2. The van der Waals surface area contributed by atoms with E-state index >= 15 is 0 Å². The van der Waals surface area contributed by atoms with E-state index in [1.807, 2.05) is 42.5 Å². The molecule has 4 aromatic rings. The lowest BCUT2D eigenvalue weighted by molar-refractivity contribution is -0.113. The largest absolute Gasteiger partial charge is 0.461 e. The number of thiophene rings is 1. The van der Waals surface area contributed by atoms with E-state index in [4.69, 9.17) is 4.74 Å². The summed E-state index contributed by atoms with van der Waals surface area (Å²) in [6, 6.07) is 17.4. The summed E-state index contributed by atoms with van der Waals surface area (Å²) in [5.41, 5.74) is 2.40. The van der Waals surface area contributed by atoms with Gasteiger partial charge in [0, 0.05) is 16.5 Å². The summed E-state index contributed by atoms with van der Waals surface area (Å²) in [7, 11) is 0. The van der Waals surface area contributed by atoms with Gasteiger partial charge >= 0.3 is 5.97 Å². The summed E-state index contributed by atoms with van der Waals surface area (Å²) >= 11 is 2.68. The molecule has 2 heterocycles. The van der Waals surface area contributed by atoms with Crippen molar-refractivity contribution in [3.8, 4) is 5.69 Å². The van der Waals surface area contributed by atoms with Crippen LogP contribution in [0.2, 0.25) is 0 Å². The Morgan fingerprint density at radius 2 is 1.83 bits per heavy atom. The Bertz CT molecular complexity index is 1430. The van der Waals surface area contributed by atoms with Gasteiger partial charge in [-0.15, -0.1) is 23.1 Å². The molecule has 186 valence electrons. The molecule has 0 radical (unpaired) electrons. The number of anilines is 1. The minimum atomic E-state index is -0.621. The van der Waals surface area contributed by atoms with E-state index in [9.17, 15) is 14.4 Å². The minimum absolute atomic E-state index is 0.0367. The molecule has 0 aliphatic carbocycles. The summed E-state index contributed by atoms with van der Waals surface area (Å²) in [5.74, 6) is 0.426. The molecule has 0 atom stereocenters. The number of aromatic nitrogens is 2. The molecule has 36 heavy (non-hydrogen) atoms. The molecule has 0 bridgehead atoms. The second-order valence-electron chi connectivity index (χ2n) is 8.41. The number of carbonyl (C=O) groups excluding carboxylic acids is 2. The van der Waals surface area contributed by atoms with E-state index in [1.54, 1.807) is 24.4 Å². The van der Waals surface area contributed by atoms with Crippen LogP contribution in [-0.4, -0.2) is 34.0 Å². The van der Waals surface area contributed by atoms with Gasteiger partial charge in [-0.05, 0) is 36.1 Å². The van der Waals surface area contributed by atoms with E-state index in [-0.39, 0.29) is 29.3 Å². The van der Waals surface area contributed by atoms with Crippen LogP contribution in [0.4, 0.5) is 5.00 Å². The number of fused-ring (bicyclic) bond motifs is 1. The highest BCUT2D eigenvalue weighted by Crippen LogP contribution is 2.31. The average Bonchev–Trinajstić information content (AvgIpc) is 3.29. The molecule has 4 rings (SSSR count). The van der Waals surface area contributed by atoms with Gasteiger partial charge in [0.25, 0.3) is 5.56 Å². The van der Waals surface area contributed by atoms with Crippen LogP contribution < -0.4 is 10.9 Å². The standard InChI is InChI=1S/C27H27N3O4S2/c1-4-34-27(33)24-21-15-36-25(28-22(31)16-35-14-18-8-6-5-7-9-18)23(21)26(32)30(29-24)20-12-10-19(11-13-20)17(2)3/h5-13,15,17H,4,14,16H2,1-3H3,(H,28,31). The Labute approximate surface area is 217 Å². The number of nitrogens with one attached hydrogen (secondary N) is 1. The molecule has 0 aliphatic heterocycles. The highest BCUT2D eigenvalue weighted by Gasteiger charge is 2.23. The number of rotatable bonds is 9. The van der Waals surface area contributed by atoms with Crippen molar-refractivity contribution in [2.75, 3.05) is 17.7 Å². The van der Waals surface area contributed by atoms with Crippen molar-refractivity contribution in [1.29, 1.82) is 0 Å². The van der Waals surface area contributed by atoms with E-state index in [0.29, 0.717) is 27.7 Å². The van der Waals surface area contributed by atoms with Crippen LogP contribution in [0.15, 0.2) is 64.8 Å². The van der Waals surface area contributed by atoms with Crippen LogP contribution in [-0.2, 0) is 15.3 Å². The van der Waals surface area contributed by atoms with Gasteiger partial charge in [-0.1, -0.05) is 56.3 Å². The monoisotopic (exact) mass is 521 g/mol. The van der Waals surface area contributed by atoms with Crippen molar-refractivity contribution in [2.24, 2.45) is 0 Å². The zero-order chi connectivity index (χ0) is 25.7. The Balaban J connectivity index is 1.67. The Morgan fingerprint density at radius 1 is 1.11 bits per heavy atom. The van der Waals surface area contributed by atoms with Crippen LogP contribution in [0.3, 0.4) is 0 Å². The first-order chi connectivity index (χ1) is 17.4. The highest BCUT2D eigenvalue weighted by molar-refractivity contribution is 7.99. The van der Waals surface area contributed by atoms with Gasteiger partial charge in [0.2, 0.25) is 5.91 Å². The Hall–Kier alpha value is -3.43. The molecule has 0 fully saturated rings. The number of esters is 1. The Morgan fingerprint density at radius 3 is 2.50 bits per heavy atom. The summed E-state index contributed by atoms with van der Waals surface area (Å²) in [4.78, 5) is 39.0. The molecule has 1 N–H and O–H groups in total. The molecule has 0 unspecified atom stereocenters. The van der Waals surface area contributed by atoms with Crippen molar-refractivity contribution in [3.05, 3.63) is 87.2 Å². The number of amides is 1. The van der Waals surface area contributed by atoms with Gasteiger partial charge in [-0.25, -0.2) is 4.79 Å². The molecule has 7 nitrogen and oxygen atoms in total. The van der Waals surface area contributed by atoms with Crippen molar-refractivity contribution < 1.29 is 14.3 Å². The third-order valence-corrected chi connectivity index (χ3v) is 7.42. The lowest BCUT2D eigenvalue weighted by Crippen LogP contribution is -2.25. The first kappa shape index (κ1) is 25.7. The number of hydrogen-bond acceptors (Lipinski definition) is 7. The topological polar surface area (TPSA) is 90.3 Å². The summed E-state index contributed by atoms with van der Waals surface area (Å²) in [6.45, 7) is 6.06. The highest BCUT2D eigenvalue weighted by atomic mass is 32.2. The molecular weight excluding hydrogens is 494 g/mol. The van der Waals surface area contributed by atoms with Crippen molar-refractivity contribution in [3.63, 3.8) is 0 Å². The fourth-order valence-electron chi connectivity index (χ4n) is 3.67. The van der Waals surface area contributed by atoms with E-state index in [0.717, 1.165) is 11.1 Å². The molecule has 0 saturated carbocycles. The second kappa shape index (κ2) is 11.5. The van der Waals surface area contributed by atoms with Crippen LogP contribution >= 0.6 is 23.1 Å². The molecule has 2 aromatic carbocycles. The van der Waals surface area contributed by atoms with Crippen LogP contribution in [0.25, 0.3) is 16.5 Å². The number of nitrogens with zero attached hydrogens (tertiary/aromatic N) is 2. The molecule has 1 amide bonds. The zero-order valence-corrected chi connectivity index (χ0v) is 21.9. The maximum atomic E-state index is 13.5. The maximum Gasteiger partial charge on any atom is 0.359 e. The molecule has 0 spiro atoms. The van der Waals surface area contributed by atoms with Gasteiger partial charge in [0.1, 0.15) is 5.00 Å². The molecule has 2 aromatic heterocycles.